The molecular weight excluding hydrogens is 198 g/mol. The van der Waals surface area contributed by atoms with E-state index in [0.29, 0.717) is 24.3 Å². The van der Waals surface area contributed by atoms with Crippen molar-refractivity contribution in [3.8, 4) is 0 Å². The minimum atomic E-state index is 0.302. The summed E-state index contributed by atoms with van der Waals surface area (Å²) in [5, 5.41) is 0. The second kappa shape index (κ2) is 4.69. The lowest BCUT2D eigenvalue weighted by atomic mass is 10.0. The van der Waals surface area contributed by atoms with Gasteiger partial charge in [-0.1, -0.05) is 44.2 Å². The van der Waals surface area contributed by atoms with Crippen molar-refractivity contribution in [1.82, 2.24) is 4.90 Å². The van der Waals surface area contributed by atoms with Gasteiger partial charge in [0, 0.05) is 13.0 Å². The third-order valence-corrected chi connectivity index (χ3v) is 3.07. The number of carbonyl (C=O) groups is 1. The SMILES string of the molecule is CC(C)CN1C(=O)CCC1c1ccccc1. The molecule has 1 aromatic carbocycles. The maximum Gasteiger partial charge on any atom is 0.223 e. The molecule has 1 aliphatic heterocycles. The third kappa shape index (κ3) is 2.26. The van der Waals surface area contributed by atoms with Crippen LogP contribution in [-0.2, 0) is 4.79 Å². The molecule has 2 heteroatoms. The monoisotopic (exact) mass is 217 g/mol. The molecule has 0 spiro atoms. The van der Waals surface area contributed by atoms with E-state index in [4.69, 9.17) is 0 Å². The quantitative estimate of drug-likeness (QED) is 0.762. The maximum atomic E-state index is 11.8. The zero-order valence-corrected chi connectivity index (χ0v) is 10.0. The van der Waals surface area contributed by atoms with E-state index < -0.39 is 0 Å². The zero-order valence-electron chi connectivity index (χ0n) is 10.0. The van der Waals surface area contributed by atoms with Crippen molar-refractivity contribution >= 4 is 5.91 Å². The summed E-state index contributed by atoms with van der Waals surface area (Å²) in [4.78, 5) is 13.9. The lowest BCUT2D eigenvalue weighted by molar-refractivity contribution is -0.129. The van der Waals surface area contributed by atoms with Crippen LogP contribution >= 0.6 is 0 Å². The van der Waals surface area contributed by atoms with Crippen LogP contribution in [0.15, 0.2) is 30.3 Å². The molecule has 0 bridgehead atoms. The second-order valence-electron chi connectivity index (χ2n) is 4.91. The molecule has 1 atom stereocenters. The second-order valence-corrected chi connectivity index (χ2v) is 4.91. The van der Waals surface area contributed by atoms with Crippen molar-refractivity contribution in [1.29, 1.82) is 0 Å². The normalized spacial score (nSPS) is 20.8. The molecule has 1 amide bonds. The first-order valence-corrected chi connectivity index (χ1v) is 6.03. The highest BCUT2D eigenvalue weighted by Crippen LogP contribution is 2.32. The van der Waals surface area contributed by atoms with Gasteiger partial charge in [0.15, 0.2) is 0 Å². The average Bonchev–Trinajstić information content (AvgIpc) is 2.61. The molecule has 86 valence electrons. The Balaban J connectivity index is 2.18. The summed E-state index contributed by atoms with van der Waals surface area (Å²) in [7, 11) is 0. The number of nitrogens with zero attached hydrogens (tertiary/aromatic N) is 1. The molecule has 2 rings (SSSR count). The van der Waals surface area contributed by atoms with Gasteiger partial charge in [-0.15, -0.1) is 0 Å². The van der Waals surface area contributed by atoms with Crippen molar-refractivity contribution in [2.24, 2.45) is 5.92 Å². The van der Waals surface area contributed by atoms with Gasteiger partial charge in [-0.3, -0.25) is 4.79 Å². The Kier molecular flexibility index (Phi) is 3.28. The fraction of sp³-hybridized carbons (Fsp3) is 0.500. The molecule has 2 nitrogen and oxygen atoms in total. The molecule has 0 aliphatic carbocycles. The molecule has 1 aliphatic rings. The molecule has 0 radical (unpaired) electrons. The number of hydrogen-bond acceptors (Lipinski definition) is 1. The fourth-order valence-corrected chi connectivity index (χ4v) is 2.38. The fourth-order valence-electron chi connectivity index (χ4n) is 2.38. The molecular formula is C14H19NO. The summed E-state index contributed by atoms with van der Waals surface area (Å²) in [5.74, 6) is 0.843. The van der Waals surface area contributed by atoms with Gasteiger partial charge < -0.3 is 4.90 Å². The molecule has 1 heterocycles. The molecule has 1 unspecified atom stereocenters. The predicted octanol–water partition coefficient (Wildman–Crippen LogP) is 3.01. The number of benzene rings is 1. The van der Waals surface area contributed by atoms with Crippen LogP contribution in [0.1, 0.15) is 38.3 Å². The van der Waals surface area contributed by atoms with E-state index in [1.807, 2.05) is 23.1 Å². The van der Waals surface area contributed by atoms with E-state index in [-0.39, 0.29) is 0 Å². The van der Waals surface area contributed by atoms with E-state index >= 15 is 0 Å². The number of amides is 1. The van der Waals surface area contributed by atoms with E-state index in [9.17, 15) is 4.79 Å². The molecule has 16 heavy (non-hydrogen) atoms. The number of rotatable bonds is 3. The first-order valence-electron chi connectivity index (χ1n) is 6.03. The third-order valence-electron chi connectivity index (χ3n) is 3.07. The van der Waals surface area contributed by atoms with Crippen LogP contribution in [0.3, 0.4) is 0 Å². The van der Waals surface area contributed by atoms with Crippen molar-refractivity contribution in [3.63, 3.8) is 0 Å². The summed E-state index contributed by atoms with van der Waals surface area (Å²) < 4.78 is 0. The molecule has 1 saturated heterocycles. The van der Waals surface area contributed by atoms with Crippen LogP contribution in [0.4, 0.5) is 0 Å². The van der Waals surface area contributed by atoms with Crippen molar-refractivity contribution in [2.45, 2.75) is 32.7 Å². The first-order chi connectivity index (χ1) is 7.68. The van der Waals surface area contributed by atoms with E-state index in [1.165, 1.54) is 5.56 Å². The molecule has 0 N–H and O–H groups in total. The highest BCUT2D eigenvalue weighted by molar-refractivity contribution is 5.79. The highest BCUT2D eigenvalue weighted by Gasteiger charge is 2.31. The predicted molar refractivity (Wildman–Crippen MR) is 65.0 cm³/mol. The maximum absolute atomic E-state index is 11.8. The van der Waals surface area contributed by atoms with Crippen LogP contribution in [0.25, 0.3) is 0 Å². The average molecular weight is 217 g/mol. The summed E-state index contributed by atoms with van der Waals surface area (Å²) in [6, 6.07) is 10.7. The van der Waals surface area contributed by atoms with Crippen LogP contribution in [0.5, 0.6) is 0 Å². The number of hydrogen-bond donors (Lipinski definition) is 0. The smallest absolute Gasteiger partial charge is 0.223 e. The summed E-state index contributed by atoms with van der Waals surface area (Å²) in [6.07, 6.45) is 1.67. The standard InChI is InChI=1S/C14H19NO/c1-11(2)10-15-13(8-9-14(15)16)12-6-4-3-5-7-12/h3-7,11,13H,8-10H2,1-2H3. The Hall–Kier alpha value is -1.31. The van der Waals surface area contributed by atoms with Gasteiger partial charge in [0.1, 0.15) is 0 Å². The van der Waals surface area contributed by atoms with Gasteiger partial charge in [0.25, 0.3) is 0 Å². The Labute approximate surface area is 97.3 Å². The largest absolute Gasteiger partial charge is 0.335 e. The Morgan fingerprint density at radius 2 is 2.00 bits per heavy atom. The molecule has 1 fully saturated rings. The highest BCUT2D eigenvalue weighted by atomic mass is 16.2. The first kappa shape index (κ1) is 11.2. The van der Waals surface area contributed by atoms with Crippen molar-refractivity contribution < 1.29 is 4.79 Å². The summed E-state index contributed by atoms with van der Waals surface area (Å²) in [5.41, 5.74) is 1.27. The Bertz CT molecular complexity index is 358. The molecule has 1 aromatic rings. The van der Waals surface area contributed by atoms with Gasteiger partial charge in [-0.25, -0.2) is 0 Å². The van der Waals surface area contributed by atoms with E-state index in [1.54, 1.807) is 0 Å². The minimum absolute atomic E-state index is 0.302. The van der Waals surface area contributed by atoms with Gasteiger partial charge in [-0.2, -0.15) is 0 Å². The van der Waals surface area contributed by atoms with Gasteiger partial charge >= 0.3 is 0 Å². The van der Waals surface area contributed by atoms with Crippen molar-refractivity contribution in [3.05, 3.63) is 35.9 Å². The lowest BCUT2D eigenvalue weighted by Crippen LogP contribution is -2.31. The van der Waals surface area contributed by atoms with Crippen LogP contribution in [0, 0.1) is 5.92 Å². The van der Waals surface area contributed by atoms with E-state index in [0.717, 1.165) is 13.0 Å². The topological polar surface area (TPSA) is 20.3 Å². The van der Waals surface area contributed by atoms with Gasteiger partial charge in [0.05, 0.1) is 6.04 Å². The zero-order chi connectivity index (χ0) is 11.5. The summed E-state index contributed by atoms with van der Waals surface area (Å²) >= 11 is 0. The Morgan fingerprint density at radius 3 is 2.62 bits per heavy atom. The lowest BCUT2D eigenvalue weighted by Gasteiger charge is -2.26. The summed E-state index contributed by atoms with van der Waals surface area (Å²) in [6.45, 7) is 5.19. The molecule has 0 aromatic heterocycles. The van der Waals surface area contributed by atoms with Crippen LogP contribution in [0.2, 0.25) is 0 Å². The Morgan fingerprint density at radius 1 is 1.31 bits per heavy atom. The van der Waals surface area contributed by atoms with Crippen molar-refractivity contribution in [2.75, 3.05) is 6.54 Å². The van der Waals surface area contributed by atoms with E-state index in [2.05, 4.69) is 26.0 Å². The van der Waals surface area contributed by atoms with Gasteiger partial charge in [0.2, 0.25) is 5.91 Å². The number of carbonyl (C=O) groups excluding carboxylic acids is 1. The van der Waals surface area contributed by atoms with Crippen LogP contribution < -0.4 is 0 Å². The minimum Gasteiger partial charge on any atom is -0.335 e. The van der Waals surface area contributed by atoms with Gasteiger partial charge in [-0.05, 0) is 17.9 Å². The molecule has 0 saturated carbocycles. The number of likely N-dealkylation sites (tertiary alicyclic amines) is 1. The van der Waals surface area contributed by atoms with Crippen LogP contribution in [-0.4, -0.2) is 17.4 Å².